The van der Waals surface area contributed by atoms with Crippen molar-refractivity contribution in [3.8, 4) is 0 Å². The van der Waals surface area contributed by atoms with Gasteiger partial charge in [0.2, 0.25) is 11.8 Å². The summed E-state index contributed by atoms with van der Waals surface area (Å²) >= 11 is 0. The normalized spacial score (nSPS) is 38.4. The van der Waals surface area contributed by atoms with Crippen LogP contribution in [0.15, 0.2) is 0 Å². The van der Waals surface area contributed by atoms with Gasteiger partial charge in [0.25, 0.3) is 0 Å². The summed E-state index contributed by atoms with van der Waals surface area (Å²) in [5.74, 6) is 0.483. The number of piperidine rings is 2. The predicted octanol–water partition coefficient (Wildman–Crippen LogP) is 7.21. The number of hydrogen-bond acceptors (Lipinski definition) is 8. The number of amides is 2. The molecule has 0 radical (unpaired) electrons. The first kappa shape index (κ1) is 42.8. The second kappa shape index (κ2) is 19.8. The standard InChI is InChI=1S/2C23H40N2O3/c2*1-3-27-17-23(2)12-8-18(9-13-23)24-14-10-19(11-15-24)25-20-6-4-5-7-21(20)28-16-22(25)26/h2*18-21H,3-17H2,1-2H3/t2*18?,20-,21-,23?/m00/s1. The Hall–Kier alpha value is -1.30. The molecule has 0 spiro atoms. The van der Waals surface area contributed by atoms with E-state index >= 15 is 0 Å². The molecule has 0 bridgehead atoms. The van der Waals surface area contributed by atoms with Crippen LogP contribution in [0.5, 0.6) is 0 Å². The van der Waals surface area contributed by atoms with Crippen LogP contribution in [0.3, 0.4) is 0 Å². The van der Waals surface area contributed by atoms with Gasteiger partial charge in [-0.2, -0.15) is 0 Å². The molecular weight excluding hydrogens is 705 g/mol. The number of carbonyl (C=O) groups is 2. The van der Waals surface area contributed by atoms with Gasteiger partial charge in [0.1, 0.15) is 13.2 Å². The Bertz CT molecular complexity index is 1140. The minimum atomic E-state index is 0.242. The molecule has 4 aliphatic carbocycles. The lowest BCUT2D eigenvalue weighted by atomic mass is 9.74. The lowest BCUT2D eigenvalue weighted by Gasteiger charge is -2.50. The van der Waals surface area contributed by atoms with E-state index in [-0.39, 0.29) is 11.8 Å². The zero-order valence-electron chi connectivity index (χ0n) is 36.1. The fourth-order valence-corrected chi connectivity index (χ4v) is 12.4. The van der Waals surface area contributed by atoms with Gasteiger partial charge < -0.3 is 38.5 Å². The van der Waals surface area contributed by atoms with Gasteiger partial charge in [0, 0.05) is 63.6 Å². The van der Waals surface area contributed by atoms with Crippen LogP contribution in [0, 0.1) is 10.8 Å². The van der Waals surface area contributed by atoms with Crippen molar-refractivity contribution in [2.45, 2.75) is 205 Å². The smallest absolute Gasteiger partial charge is 0.249 e. The molecule has 0 N–H and O–H groups in total. The number of ether oxygens (including phenoxy) is 4. The Morgan fingerprint density at radius 3 is 1.23 bits per heavy atom. The SMILES string of the molecule is CCOCC1(C)CCC(N2CCC(N3C(=O)CO[C@H]4CCCC[C@@H]43)CC2)CC1.CCOCC1(C)CCC(N2CCC(N3C(=O)CO[C@H]4CCCC[C@@H]43)CC2)CC1. The zero-order valence-corrected chi connectivity index (χ0v) is 36.1. The van der Waals surface area contributed by atoms with Crippen molar-refractivity contribution in [1.82, 2.24) is 19.6 Å². The molecule has 4 heterocycles. The van der Waals surface area contributed by atoms with Crippen molar-refractivity contribution in [3.63, 3.8) is 0 Å². The highest BCUT2D eigenvalue weighted by molar-refractivity contribution is 5.79. The number of morpholine rings is 2. The Kier molecular flexibility index (Phi) is 15.2. The van der Waals surface area contributed by atoms with Gasteiger partial charge in [-0.3, -0.25) is 9.59 Å². The summed E-state index contributed by atoms with van der Waals surface area (Å²) in [6, 6.07) is 3.04. The molecule has 56 heavy (non-hydrogen) atoms. The van der Waals surface area contributed by atoms with E-state index in [1.165, 1.54) is 77.0 Å². The number of fused-ring (bicyclic) bond motifs is 2. The van der Waals surface area contributed by atoms with Crippen molar-refractivity contribution >= 4 is 11.8 Å². The van der Waals surface area contributed by atoms with Crippen LogP contribution in [-0.4, -0.2) is 146 Å². The first-order chi connectivity index (χ1) is 27.2. The summed E-state index contributed by atoms with van der Waals surface area (Å²) in [7, 11) is 0. The summed E-state index contributed by atoms with van der Waals surface area (Å²) in [5, 5.41) is 0. The molecule has 2 amide bonds. The fourth-order valence-electron chi connectivity index (χ4n) is 12.4. The molecule has 8 aliphatic rings. The number of carbonyl (C=O) groups excluding carboxylic acids is 2. The Balaban J connectivity index is 0.000000172. The van der Waals surface area contributed by atoms with Crippen molar-refractivity contribution in [2.24, 2.45) is 10.8 Å². The highest BCUT2D eigenvalue weighted by atomic mass is 16.5. The summed E-state index contributed by atoms with van der Waals surface area (Å²) in [6.45, 7) is 17.7. The predicted molar refractivity (Wildman–Crippen MR) is 221 cm³/mol. The van der Waals surface area contributed by atoms with Crippen molar-refractivity contribution in [3.05, 3.63) is 0 Å². The number of likely N-dealkylation sites (tertiary alicyclic amines) is 2. The number of nitrogens with zero attached hydrogens (tertiary/aromatic N) is 4. The van der Waals surface area contributed by atoms with E-state index in [1.807, 2.05) is 0 Å². The average Bonchev–Trinajstić information content (AvgIpc) is 3.23. The lowest BCUT2D eigenvalue weighted by molar-refractivity contribution is -0.167. The van der Waals surface area contributed by atoms with Crippen LogP contribution in [0.2, 0.25) is 0 Å². The van der Waals surface area contributed by atoms with Gasteiger partial charge in [-0.25, -0.2) is 0 Å². The van der Waals surface area contributed by atoms with E-state index in [0.29, 0.717) is 60.4 Å². The molecular formula is C46H80N4O6. The van der Waals surface area contributed by atoms with E-state index in [4.69, 9.17) is 18.9 Å². The van der Waals surface area contributed by atoms with Crippen LogP contribution < -0.4 is 0 Å². The molecule has 0 unspecified atom stereocenters. The first-order valence-electron chi connectivity index (χ1n) is 23.7. The Morgan fingerprint density at radius 2 is 0.875 bits per heavy atom. The van der Waals surface area contributed by atoms with Gasteiger partial charge in [-0.1, -0.05) is 39.5 Å². The number of rotatable bonds is 10. The summed E-state index contributed by atoms with van der Waals surface area (Å²) < 4.78 is 23.2. The van der Waals surface area contributed by atoms with Crippen LogP contribution in [0.25, 0.3) is 0 Å². The van der Waals surface area contributed by atoms with Gasteiger partial charge in [-0.15, -0.1) is 0 Å². The van der Waals surface area contributed by atoms with Crippen molar-refractivity contribution in [2.75, 3.05) is 65.8 Å². The summed E-state index contributed by atoms with van der Waals surface area (Å²) in [4.78, 5) is 35.3. The maximum absolute atomic E-state index is 12.7. The largest absolute Gasteiger partial charge is 0.381 e. The van der Waals surface area contributed by atoms with Crippen LogP contribution in [-0.2, 0) is 28.5 Å². The third kappa shape index (κ3) is 10.3. The zero-order chi connectivity index (χ0) is 39.1. The van der Waals surface area contributed by atoms with E-state index in [2.05, 4.69) is 47.3 Å². The minimum absolute atomic E-state index is 0.242. The van der Waals surface area contributed by atoms with E-state index in [0.717, 1.165) is 116 Å². The molecule has 4 saturated heterocycles. The Labute approximate surface area is 340 Å². The molecule has 8 fully saturated rings. The van der Waals surface area contributed by atoms with Crippen LogP contribution in [0.4, 0.5) is 0 Å². The highest BCUT2D eigenvalue weighted by Crippen LogP contribution is 2.41. The molecule has 4 atom stereocenters. The maximum Gasteiger partial charge on any atom is 0.249 e. The van der Waals surface area contributed by atoms with E-state index in [9.17, 15) is 9.59 Å². The molecule has 8 rings (SSSR count). The van der Waals surface area contributed by atoms with E-state index in [1.54, 1.807) is 0 Å². The first-order valence-corrected chi connectivity index (χ1v) is 23.7. The molecule has 4 saturated carbocycles. The number of hydrogen-bond donors (Lipinski definition) is 0. The van der Waals surface area contributed by atoms with Crippen molar-refractivity contribution < 1.29 is 28.5 Å². The molecule has 4 aliphatic heterocycles. The minimum Gasteiger partial charge on any atom is -0.381 e. The highest BCUT2D eigenvalue weighted by Gasteiger charge is 2.45. The summed E-state index contributed by atoms with van der Waals surface area (Å²) in [6.07, 6.45) is 25.0. The molecule has 0 aromatic rings. The molecule has 10 heteroatoms. The lowest BCUT2D eigenvalue weighted by Crippen LogP contribution is -2.61. The third-order valence-corrected chi connectivity index (χ3v) is 15.9. The third-order valence-electron chi connectivity index (χ3n) is 15.9. The van der Waals surface area contributed by atoms with Gasteiger partial charge in [0.15, 0.2) is 0 Å². The van der Waals surface area contributed by atoms with E-state index < -0.39 is 0 Å². The second-order valence-electron chi connectivity index (χ2n) is 19.9. The summed E-state index contributed by atoms with van der Waals surface area (Å²) in [5.41, 5.74) is 0.752. The molecule has 0 aromatic heterocycles. The van der Waals surface area contributed by atoms with Crippen molar-refractivity contribution in [1.29, 1.82) is 0 Å². The quantitative estimate of drug-likeness (QED) is 0.230. The van der Waals surface area contributed by atoms with Gasteiger partial charge >= 0.3 is 0 Å². The molecule has 10 nitrogen and oxygen atoms in total. The maximum atomic E-state index is 12.7. The second-order valence-corrected chi connectivity index (χ2v) is 19.9. The molecule has 0 aromatic carbocycles. The average molecular weight is 785 g/mol. The fraction of sp³-hybridized carbons (Fsp3) is 0.957. The van der Waals surface area contributed by atoms with Gasteiger partial charge in [-0.05, 0) is 127 Å². The molecule has 320 valence electrons. The topological polar surface area (TPSA) is 84.0 Å². The monoisotopic (exact) mass is 785 g/mol. The van der Waals surface area contributed by atoms with Crippen LogP contribution in [0.1, 0.15) is 156 Å². The Morgan fingerprint density at radius 1 is 0.518 bits per heavy atom. The van der Waals surface area contributed by atoms with Gasteiger partial charge in [0.05, 0.1) is 37.5 Å². The van der Waals surface area contributed by atoms with Crippen LogP contribution >= 0.6 is 0 Å².